The van der Waals surface area contributed by atoms with Crippen molar-refractivity contribution < 1.29 is 0 Å². The quantitative estimate of drug-likeness (QED) is 0.402. The van der Waals surface area contributed by atoms with Crippen LogP contribution in [0.4, 0.5) is 0 Å². The molecular weight excluding hydrogens is 380 g/mol. The van der Waals surface area contributed by atoms with Crippen LogP contribution < -0.4 is 0 Å². The van der Waals surface area contributed by atoms with Gasteiger partial charge in [-0.3, -0.25) is 0 Å². The maximum absolute atomic E-state index is 3.60. The van der Waals surface area contributed by atoms with Crippen LogP contribution in [0.3, 0.4) is 0 Å². The Labute approximate surface area is 163 Å². The molecule has 0 saturated heterocycles. The smallest absolute Gasteiger partial charge is 0.0181 e. The molecule has 2 unspecified atom stereocenters. The summed E-state index contributed by atoms with van der Waals surface area (Å²) in [5.74, 6) is 1.11. The Kier molecular flexibility index (Phi) is 3.86. The van der Waals surface area contributed by atoms with Gasteiger partial charge in [-0.1, -0.05) is 89.1 Å². The van der Waals surface area contributed by atoms with E-state index in [0.29, 0.717) is 11.8 Å². The fourth-order valence-corrected chi connectivity index (χ4v) is 5.04. The van der Waals surface area contributed by atoms with Crippen LogP contribution in [-0.2, 0) is 6.42 Å². The summed E-state index contributed by atoms with van der Waals surface area (Å²) < 4.78 is 1.15. The topological polar surface area (TPSA) is 0 Å². The fourth-order valence-electron chi connectivity index (χ4n) is 4.66. The number of hydrogen-bond donors (Lipinski definition) is 0. The van der Waals surface area contributed by atoms with Crippen molar-refractivity contribution >= 4 is 32.3 Å². The SMILES string of the molecule is CC1Cc2c(ccc3cc(Br)ccc23)C2=C1CC(c1ccccc1)C=C2. The molecule has 2 atom stereocenters. The molecule has 0 bridgehead atoms. The highest BCUT2D eigenvalue weighted by atomic mass is 79.9. The molecule has 0 spiro atoms. The lowest BCUT2D eigenvalue weighted by Gasteiger charge is -2.33. The van der Waals surface area contributed by atoms with Gasteiger partial charge in [0, 0.05) is 10.4 Å². The molecule has 0 radical (unpaired) electrons. The van der Waals surface area contributed by atoms with Gasteiger partial charge in [0.1, 0.15) is 0 Å². The van der Waals surface area contributed by atoms with Crippen LogP contribution in [0, 0.1) is 5.92 Å². The van der Waals surface area contributed by atoms with Crippen molar-refractivity contribution in [2.45, 2.75) is 25.7 Å². The van der Waals surface area contributed by atoms with Crippen molar-refractivity contribution in [1.29, 1.82) is 0 Å². The number of hydrogen-bond acceptors (Lipinski definition) is 0. The molecule has 5 rings (SSSR count). The molecule has 3 aromatic carbocycles. The second-order valence-electron chi connectivity index (χ2n) is 7.58. The Hall–Kier alpha value is -2.12. The summed E-state index contributed by atoms with van der Waals surface area (Å²) in [6.07, 6.45) is 7.08. The van der Waals surface area contributed by atoms with E-state index in [1.165, 1.54) is 33.0 Å². The van der Waals surface area contributed by atoms with Gasteiger partial charge >= 0.3 is 0 Å². The van der Waals surface area contributed by atoms with Gasteiger partial charge in [0.05, 0.1) is 0 Å². The van der Waals surface area contributed by atoms with E-state index in [1.807, 2.05) is 0 Å². The first kappa shape index (κ1) is 16.1. The lowest BCUT2D eigenvalue weighted by molar-refractivity contribution is 0.614. The van der Waals surface area contributed by atoms with E-state index in [-0.39, 0.29) is 0 Å². The Bertz CT molecular complexity index is 1060. The molecule has 0 nitrogen and oxygen atoms in total. The third-order valence-electron chi connectivity index (χ3n) is 6.00. The molecule has 0 aromatic heterocycles. The number of allylic oxidation sites excluding steroid dienone is 4. The van der Waals surface area contributed by atoms with Crippen molar-refractivity contribution in [3.8, 4) is 0 Å². The second-order valence-corrected chi connectivity index (χ2v) is 8.50. The summed E-state index contributed by atoms with van der Waals surface area (Å²) in [6.45, 7) is 2.40. The molecule has 0 fully saturated rings. The first-order valence-corrected chi connectivity index (χ1v) is 10.2. The number of rotatable bonds is 1. The molecule has 0 N–H and O–H groups in total. The zero-order chi connectivity index (χ0) is 17.7. The lowest BCUT2D eigenvalue weighted by atomic mass is 9.71. The third-order valence-corrected chi connectivity index (χ3v) is 6.49. The first-order chi connectivity index (χ1) is 12.7. The van der Waals surface area contributed by atoms with Gasteiger partial charge in [-0.05, 0) is 63.9 Å². The summed E-state index contributed by atoms with van der Waals surface area (Å²) in [4.78, 5) is 0. The average molecular weight is 401 g/mol. The summed E-state index contributed by atoms with van der Waals surface area (Å²) in [5, 5.41) is 2.74. The Morgan fingerprint density at radius 3 is 2.62 bits per heavy atom. The van der Waals surface area contributed by atoms with Crippen molar-refractivity contribution in [1.82, 2.24) is 0 Å². The first-order valence-electron chi connectivity index (χ1n) is 9.38. The molecule has 0 heterocycles. The number of benzene rings is 3. The van der Waals surface area contributed by atoms with Gasteiger partial charge in [-0.15, -0.1) is 0 Å². The van der Waals surface area contributed by atoms with Crippen LogP contribution in [-0.4, -0.2) is 0 Å². The van der Waals surface area contributed by atoms with E-state index in [9.17, 15) is 0 Å². The second kappa shape index (κ2) is 6.25. The van der Waals surface area contributed by atoms with Crippen molar-refractivity contribution in [2.75, 3.05) is 0 Å². The molecule has 2 aliphatic carbocycles. The zero-order valence-corrected chi connectivity index (χ0v) is 16.5. The van der Waals surface area contributed by atoms with E-state index in [1.54, 1.807) is 5.57 Å². The van der Waals surface area contributed by atoms with Crippen LogP contribution in [0.5, 0.6) is 0 Å². The van der Waals surface area contributed by atoms with Crippen molar-refractivity contribution in [3.05, 3.63) is 99.6 Å². The summed E-state index contributed by atoms with van der Waals surface area (Å²) in [6, 6.07) is 22.2. The lowest BCUT2D eigenvalue weighted by Crippen LogP contribution is -2.18. The average Bonchev–Trinajstić information content (AvgIpc) is 2.68. The highest BCUT2D eigenvalue weighted by molar-refractivity contribution is 9.10. The largest absolute Gasteiger partial charge is 0.0761 e. The van der Waals surface area contributed by atoms with Gasteiger partial charge in [0.15, 0.2) is 0 Å². The van der Waals surface area contributed by atoms with E-state index in [0.717, 1.165) is 17.3 Å². The minimum Gasteiger partial charge on any atom is -0.0761 e. The standard InChI is InChI=1S/C25H21Br/c1-16-13-25-21-12-9-20(26)14-19(21)8-11-23(25)22-10-7-18(15-24(16)22)17-5-3-2-4-6-17/h2-12,14,16,18H,13,15H2,1H3. The zero-order valence-electron chi connectivity index (χ0n) is 14.9. The van der Waals surface area contributed by atoms with Crippen LogP contribution in [0.2, 0.25) is 0 Å². The molecular formula is C25H21Br. The molecule has 3 aromatic rings. The van der Waals surface area contributed by atoms with Crippen LogP contribution in [0.25, 0.3) is 16.3 Å². The van der Waals surface area contributed by atoms with Gasteiger partial charge in [0.25, 0.3) is 0 Å². The highest BCUT2D eigenvalue weighted by Gasteiger charge is 2.28. The molecule has 2 aliphatic rings. The summed E-state index contributed by atoms with van der Waals surface area (Å²) >= 11 is 3.60. The van der Waals surface area contributed by atoms with Gasteiger partial charge < -0.3 is 0 Å². The number of fused-ring (bicyclic) bond motifs is 4. The van der Waals surface area contributed by atoms with Crippen molar-refractivity contribution in [3.63, 3.8) is 0 Å². The van der Waals surface area contributed by atoms with E-state index in [4.69, 9.17) is 0 Å². The maximum atomic E-state index is 3.60. The number of halogens is 1. The third kappa shape index (κ3) is 2.57. The molecule has 128 valence electrons. The fraction of sp³-hybridized carbons (Fsp3) is 0.200. The van der Waals surface area contributed by atoms with E-state index >= 15 is 0 Å². The van der Waals surface area contributed by atoms with Gasteiger partial charge in [0.2, 0.25) is 0 Å². The van der Waals surface area contributed by atoms with Crippen LogP contribution >= 0.6 is 15.9 Å². The van der Waals surface area contributed by atoms with Gasteiger partial charge in [-0.25, -0.2) is 0 Å². The normalized spacial score (nSPS) is 21.6. The molecule has 0 saturated carbocycles. The summed E-state index contributed by atoms with van der Waals surface area (Å²) in [7, 11) is 0. The Morgan fingerprint density at radius 1 is 0.923 bits per heavy atom. The maximum Gasteiger partial charge on any atom is 0.0181 e. The van der Waals surface area contributed by atoms with E-state index < -0.39 is 0 Å². The molecule has 1 heteroatoms. The van der Waals surface area contributed by atoms with Crippen LogP contribution in [0.15, 0.2) is 82.9 Å². The Balaban J connectivity index is 1.61. The summed E-state index contributed by atoms with van der Waals surface area (Å²) in [5.41, 5.74) is 7.48. The highest BCUT2D eigenvalue weighted by Crippen LogP contribution is 2.45. The molecule has 26 heavy (non-hydrogen) atoms. The minimum atomic E-state index is 0.510. The Morgan fingerprint density at radius 2 is 1.77 bits per heavy atom. The molecule has 0 amide bonds. The minimum absolute atomic E-state index is 0.510. The predicted molar refractivity (Wildman–Crippen MR) is 114 cm³/mol. The predicted octanol–water partition coefficient (Wildman–Crippen LogP) is 7.29. The van der Waals surface area contributed by atoms with Crippen LogP contribution in [0.1, 0.15) is 36.0 Å². The molecule has 0 aliphatic heterocycles. The van der Waals surface area contributed by atoms with Gasteiger partial charge in [-0.2, -0.15) is 0 Å². The van der Waals surface area contributed by atoms with E-state index in [2.05, 4.69) is 95.7 Å². The van der Waals surface area contributed by atoms with Crippen molar-refractivity contribution in [2.24, 2.45) is 5.92 Å². The monoisotopic (exact) mass is 400 g/mol.